The third-order valence-electron chi connectivity index (χ3n) is 5.47. The Bertz CT molecular complexity index is 1350. The van der Waals surface area contributed by atoms with Gasteiger partial charge in [0, 0.05) is 30.0 Å². The lowest BCUT2D eigenvalue weighted by Gasteiger charge is -2.26. The lowest BCUT2D eigenvalue weighted by molar-refractivity contribution is 0.493. The molecule has 3 heterocycles. The molecule has 1 aliphatic heterocycles. The number of nitrogens with one attached hydrogen (secondary N) is 2. The molecular formula is C21H24N6O3S. The van der Waals surface area contributed by atoms with Gasteiger partial charge in [-0.15, -0.1) is 0 Å². The quantitative estimate of drug-likeness (QED) is 0.492. The van der Waals surface area contributed by atoms with E-state index in [1.165, 1.54) is 12.4 Å². The van der Waals surface area contributed by atoms with Gasteiger partial charge in [-0.1, -0.05) is 24.8 Å². The van der Waals surface area contributed by atoms with E-state index in [1.54, 1.807) is 6.33 Å². The first-order valence-electron chi connectivity index (χ1n) is 9.96. The van der Waals surface area contributed by atoms with Crippen molar-refractivity contribution in [2.45, 2.75) is 25.8 Å². The average Bonchev–Trinajstić information content (AvgIpc) is 3.41. The molecule has 31 heavy (non-hydrogen) atoms. The first-order chi connectivity index (χ1) is 14.9. The Morgan fingerprint density at radius 2 is 2.23 bits per heavy atom. The molecule has 0 spiro atoms. The Hall–Kier alpha value is -3.24. The van der Waals surface area contributed by atoms with Crippen LogP contribution in [-0.2, 0) is 10.1 Å². The van der Waals surface area contributed by atoms with E-state index in [-0.39, 0.29) is 10.9 Å². The molecule has 3 N–H and O–H groups in total. The second-order valence-electron chi connectivity index (χ2n) is 7.35. The van der Waals surface area contributed by atoms with Gasteiger partial charge in [-0.3, -0.25) is 4.55 Å². The van der Waals surface area contributed by atoms with Crippen molar-refractivity contribution in [3.05, 3.63) is 52.8 Å². The van der Waals surface area contributed by atoms with Gasteiger partial charge in [0.25, 0.3) is 10.1 Å². The lowest BCUT2D eigenvalue weighted by atomic mass is 10.1. The highest BCUT2D eigenvalue weighted by atomic mass is 32.2. The van der Waals surface area contributed by atoms with E-state index in [4.69, 9.17) is 0 Å². The van der Waals surface area contributed by atoms with Gasteiger partial charge in [-0.2, -0.15) is 8.42 Å². The second kappa shape index (κ2) is 8.48. The number of nitrogens with zero attached hydrogens (tertiary/aromatic N) is 4. The fourth-order valence-electron chi connectivity index (χ4n) is 3.91. The van der Waals surface area contributed by atoms with Gasteiger partial charge < -0.3 is 15.2 Å². The largest absolute Gasteiger partial charge is 0.382 e. The maximum absolute atomic E-state index is 11.5. The van der Waals surface area contributed by atoms with E-state index in [0.717, 1.165) is 41.6 Å². The van der Waals surface area contributed by atoms with Crippen LogP contribution in [0.1, 0.15) is 19.8 Å². The molecule has 1 aromatic carbocycles. The smallest absolute Gasteiger partial charge is 0.293 e. The van der Waals surface area contributed by atoms with Gasteiger partial charge in [0.15, 0.2) is 11.5 Å². The van der Waals surface area contributed by atoms with Crippen molar-refractivity contribution in [2.24, 2.45) is 0 Å². The van der Waals surface area contributed by atoms with Crippen LogP contribution in [0.4, 0.5) is 11.5 Å². The summed E-state index contributed by atoms with van der Waals surface area (Å²) in [7, 11) is -4.36. The zero-order chi connectivity index (χ0) is 22.0. The van der Waals surface area contributed by atoms with Crippen LogP contribution in [0.25, 0.3) is 23.3 Å². The Kier molecular flexibility index (Phi) is 5.75. The number of anilines is 2. The topological polar surface area (TPSA) is 124 Å². The summed E-state index contributed by atoms with van der Waals surface area (Å²) in [5.41, 5.74) is 2.22. The van der Waals surface area contributed by atoms with Crippen LogP contribution in [-0.4, -0.2) is 52.0 Å². The normalized spacial score (nSPS) is 18.1. The van der Waals surface area contributed by atoms with Crippen LogP contribution in [0, 0.1) is 0 Å². The third-order valence-corrected chi connectivity index (χ3v) is 6.25. The number of fused-ring (bicyclic) bond motifs is 1. The molecule has 0 radical (unpaired) electrons. The maximum Gasteiger partial charge on any atom is 0.293 e. The van der Waals surface area contributed by atoms with Crippen LogP contribution in [0.2, 0.25) is 0 Å². The van der Waals surface area contributed by atoms with E-state index in [2.05, 4.69) is 36.7 Å². The minimum absolute atomic E-state index is 0.188. The Morgan fingerprint density at radius 3 is 3.00 bits per heavy atom. The van der Waals surface area contributed by atoms with E-state index in [1.807, 2.05) is 31.2 Å². The number of benzene rings is 1. The molecule has 1 atom stereocenters. The van der Waals surface area contributed by atoms with E-state index < -0.39 is 10.1 Å². The molecule has 10 heteroatoms. The molecule has 162 valence electrons. The predicted molar refractivity (Wildman–Crippen MR) is 122 cm³/mol. The van der Waals surface area contributed by atoms with Gasteiger partial charge in [0.2, 0.25) is 0 Å². The number of rotatable bonds is 6. The summed E-state index contributed by atoms with van der Waals surface area (Å²) < 4.78 is 32.2. The predicted octanol–water partition coefficient (Wildman–Crippen LogP) is 1.42. The summed E-state index contributed by atoms with van der Waals surface area (Å²) in [6.45, 7) is 6.86. The highest BCUT2D eigenvalue weighted by Gasteiger charge is 2.27. The summed E-state index contributed by atoms with van der Waals surface area (Å²) in [5, 5.41) is 4.95. The van der Waals surface area contributed by atoms with Crippen molar-refractivity contribution in [1.29, 1.82) is 0 Å². The number of aromatic nitrogens is 4. The van der Waals surface area contributed by atoms with E-state index >= 15 is 0 Å². The molecule has 2 aromatic heterocycles. The zero-order valence-corrected chi connectivity index (χ0v) is 17.9. The van der Waals surface area contributed by atoms with Gasteiger partial charge in [-0.05, 0) is 37.1 Å². The van der Waals surface area contributed by atoms with Crippen LogP contribution in [0.5, 0.6) is 0 Å². The van der Waals surface area contributed by atoms with E-state index in [9.17, 15) is 13.0 Å². The van der Waals surface area contributed by atoms with Crippen molar-refractivity contribution in [2.75, 3.05) is 23.3 Å². The lowest BCUT2D eigenvalue weighted by Crippen LogP contribution is -2.37. The summed E-state index contributed by atoms with van der Waals surface area (Å²) in [6, 6.07) is 5.85. The number of hydrogen-bond donors (Lipinski definition) is 3. The molecule has 4 rings (SSSR count). The molecular weight excluding hydrogens is 416 g/mol. The van der Waals surface area contributed by atoms with Crippen LogP contribution < -0.4 is 20.7 Å². The van der Waals surface area contributed by atoms with E-state index in [0.29, 0.717) is 17.4 Å². The van der Waals surface area contributed by atoms with Crippen LogP contribution >= 0.6 is 0 Å². The van der Waals surface area contributed by atoms with Crippen molar-refractivity contribution in [3.8, 4) is 0 Å². The molecule has 1 saturated heterocycles. The Labute approximate surface area is 180 Å². The summed E-state index contributed by atoms with van der Waals surface area (Å²) in [4.78, 5) is 17.9. The van der Waals surface area contributed by atoms with Crippen LogP contribution in [0.15, 0.2) is 42.3 Å². The van der Waals surface area contributed by atoms with Crippen molar-refractivity contribution in [1.82, 2.24) is 19.9 Å². The minimum Gasteiger partial charge on any atom is -0.382 e. The fraction of sp³-hybridized carbons (Fsp3) is 0.286. The summed E-state index contributed by atoms with van der Waals surface area (Å²) in [5.74, 6) is 0.828. The standard InChI is InChI=1S/C21H24N6O3S/c1-3-15-6-4-8-18(17(15)10-14(2)31(28,29)30)22-11-16-7-5-9-27(16)21-19-20(24-12-23-19)25-13-26-21/h3-4,6,8,10,12-13,16,22H,2,5,7,9,11H2,1H3,(H,28,29,30)(H,23,24,25,26)/b15-3-,17-10+/t16-/m1/s1. The molecule has 9 nitrogen and oxygen atoms in total. The van der Waals surface area contributed by atoms with Crippen LogP contribution in [0.3, 0.4) is 0 Å². The summed E-state index contributed by atoms with van der Waals surface area (Å²) in [6.07, 6.45) is 8.43. The number of H-pyrrole nitrogens is 1. The SMILES string of the molecule is C=C(/C=c1/c(NC[C@H]2CCCN2c2ncnc3nc[nH]c23)ccc/c1=C/C)S(=O)(=O)O. The maximum atomic E-state index is 11.5. The molecule has 1 fully saturated rings. The molecule has 3 aromatic rings. The highest BCUT2D eigenvalue weighted by Crippen LogP contribution is 2.27. The van der Waals surface area contributed by atoms with Crippen molar-refractivity contribution < 1.29 is 13.0 Å². The van der Waals surface area contributed by atoms with Crippen molar-refractivity contribution in [3.63, 3.8) is 0 Å². The Balaban J connectivity index is 1.63. The van der Waals surface area contributed by atoms with Gasteiger partial charge in [0.1, 0.15) is 11.8 Å². The molecule has 0 aliphatic carbocycles. The average molecular weight is 441 g/mol. The molecule has 0 saturated carbocycles. The molecule has 0 unspecified atom stereocenters. The molecule has 0 amide bonds. The van der Waals surface area contributed by atoms with Gasteiger partial charge in [-0.25, -0.2) is 15.0 Å². The highest BCUT2D eigenvalue weighted by molar-refractivity contribution is 7.90. The fourth-order valence-corrected chi connectivity index (χ4v) is 4.18. The number of imidazole rings is 1. The number of allylic oxidation sites excluding steroid dienone is 1. The minimum atomic E-state index is -4.36. The zero-order valence-electron chi connectivity index (χ0n) is 17.1. The van der Waals surface area contributed by atoms with Crippen molar-refractivity contribution >= 4 is 44.9 Å². The monoisotopic (exact) mass is 440 g/mol. The number of hydrogen-bond acceptors (Lipinski definition) is 7. The van der Waals surface area contributed by atoms with Gasteiger partial charge in [0.05, 0.1) is 11.2 Å². The molecule has 0 bridgehead atoms. The first-order valence-corrected chi connectivity index (χ1v) is 11.4. The third kappa shape index (κ3) is 4.30. The first kappa shape index (κ1) is 21.0. The Morgan fingerprint density at radius 1 is 1.39 bits per heavy atom. The summed E-state index contributed by atoms with van der Waals surface area (Å²) >= 11 is 0. The number of aromatic amines is 1. The second-order valence-corrected chi connectivity index (χ2v) is 8.83. The van der Waals surface area contributed by atoms with Gasteiger partial charge >= 0.3 is 0 Å². The molecule has 1 aliphatic rings.